The molecule has 0 saturated carbocycles. The predicted molar refractivity (Wildman–Crippen MR) is 109 cm³/mol. The summed E-state index contributed by atoms with van der Waals surface area (Å²) in [4.78, 5) is 26.4. The van der Waals surface area contributed by atoms with Crippen molar-refractivity contribution >= 4 is 5.91 Å². The molecule has 30 heavy (non-hydrogen) atoms. The number of amides is 1. The second-order valence-corrected chi connectivity index (χ2v) is 7.91. The van der Waals surface area contributed by atoms with Crippen molar-refractivity contribution in [1.29, 1.82) is 0 Å². The Kier molecular flexibility index (Phi) is 5.06. The molecule has 0 aromatic carbocycles. The van der Waals surface area contributed by atoms with E-state index in [1.54, 1.807) is 18.7 Å². The average Bonchev–Trinajstić information content (AvgIpc) is 3.42. The van der Waals surface area contributed by atoms with Crippen LogP contribution in [0.25, 0.3) is 0 Å². The van der Waals surface area contributed by atoms with Gasteiger partial charge in [-0.15, -0.1) is 0 Å². The molecule has 7 heteroatoms. The molecule has 2 aliphatic heterocycles. The number of hydrogen-bond donors (Lipinski definition) is 0. The minimum atomic E-state index is -0.921. The standard InChI is InChI=1S/C23H24N4O3/c28-22-23(30-11-9-27(22)14-18-4-1-7-24-12-18)17-26(15-20-6-3-10-29-20)16-21(23)19-5-2-8-25-13-19/h1-8,10,12-13,21H,9,11,14-17H2. The fourth-order valence-electron chi connectivity index (χ4n) is 4.61. The van der Waals surface area contributed by atoms with Gasteiger partial charge in [-0.3, -0.25) is 19.7 Å². The number of rotatable bonds is 5. The van der Waals surface area contributed by atoms with Crippen molar-refractivity contribution in [2.45, 2.75) is 24.6 Å². The second kappa shape index (κ2) is 8.01. The number of pyridine rings is 2. The van der Waals surface area contributed by atoms with Gasteiger partial charge in [0, 0.05) is 56.9 Å². The van der Waals surface area contributed by atoms with Crippen LogP contribution in [-0.2, 0) is 22.6 Å². The SMILES string of the molecule is O=C1N(Cc2cccnc2)CCOC12CN(Cc1ccco1)CC2c1cccnc1. The Hall–Kier alpha value is -3.03. The largest absolute Gasteiger partial charge is 0.468 e. The van der Waals surface area contributed by atoms with Crippen molar-refractivity contribution in [3.8, 4) is 0 Å². The summed E-state index contributed by atoms with van der Waals surface area (Å²) in [5.41, 5.74) is 1.12. The summed E-state index contributed by atoms with van der Waals surface area (Å²) < 4.78 is 11.9. The van der Waals surface area contributed by atoms with Crippen molar-refractivity contribution in [1.82, 2.24) is 19.8 Å². The van der Waals surface area contributed by atoms with Crippen LogP contribution in [0.15, 0.2) is 71.9 Å². The van der Waals surface area contributed by atoms with Crippen LogP contribution in [0, 0.1) is 0 Å². The fraction of sp³-hybridized carbons (Fsp3) is 0.348. The lowest BCUT2D eigenvalue weighted by Gasteiger charge is -2.42. The van der Waals surface area contributed by atoms with E-state index in [9.17, 15) is 4.79 Å². The Morgan fingerprint density at radius 2 is 1.93 bits per heavy atom. The molecule has 2 fully saturated rings. The molecule has 3 aromatic rings. The number of furan rings is 1. The van der Waals surface area contributed by atoms with Crippen molar-refractivity contribution < 1.29 is 13.9 Å². The fourth-order valence-corrected chi connectivity index (χ4v) is 4.61. The van der Waals surface area contributed by atoms with Gasteiger partial charge in [0.25, 0.3) is 5.91 Å². The van der Waals surface area contributed by atoms with Crippen molar-refractivity contribution in [3.05, 3.63) is 84.3 Å². The number of likely N-dealkylation sites (tertiary alicyclic amines) is 1. The predicted octanol–water partition coefficient (Wildman–Crippen LogP) is 2.47. The van der Waals surface area contributed by atoms with Crippen LogP contribution in [-0.4, -0.2) is 57.5 Å². The first kappa shape index (κ1) is 19.0. The van der Waals surface area contributed by atoms with Gasteiger partial charge in [0.2, 0.25) is 0 Å². The zero-order chi connectivity index (χ0) is 20.4. The van der Waals surface area contributed by atoms with E-state index in [1.807, 2.05) is 53.7 Å². The zero-order valence-corrected chi connectivity index (χ0v) is 16.7. The summed E-state index contributed by atoms with van der Waals surface area (Å²) in [6.07, 6.45) is 8.83. The van der Waals surface area contributed by atoms with Crippen LogP contribution in [0.2, 0.25) is 0 Å². The maximum Gasteiger partial charge on any atom is 0.257 e. The van der Waals surface area contributed by atoms with E-state index >= 15 is 0 Å². The van der Waals surface area contributed by atoms with Gasteiger partial charge in [-0.25, -0.2) is 0 Å². The summed E-state index contributed by atoms with van der Waals surface area (Å²) in [5.74, 6) is 0.825. The second-order valence-electron chi connectivity index (χ2n) is 7.91. The number of aromatic nitrogens is 2. The Labute approximate surface area is 175 Å². The Bertz CT molecular complexity index is 980. The summed E-state index contributed by atoms with van der Waals surface area (Å²) >= 11 is 0. The van der Waals surface area contributed by atoms with Gasteiger partial charge in [0.1, 0.15) is 5.76 Å². The van der Waals surface area contributed by atoms with Gasteiger partial charge < -0.3 is 14.1 Å². The molecule has 2 aliphatic rings. The topological polar surface area (TPSA) is 71.7 Å². The molecule has 2 unspecified atom stereocenters. The van der Waals surface area contributed by atoms with Crippen LogP contribution >= 0.6 is 0 Å². The minimum absolute atomic E-state index is 0.0356. The molecule has 5 rings (SSSR count). The zero-order valence-electron chi connectivity index (χ0n) is 16.7. The lowest BCUT2D eigenvalue weighted by molar-refractivity contribution is -0.173. The van der Waals surface area contributed by atoms with Gasteiger partial charge in [-0.1, -0.05) is 12.1 Å². The first-order valence-corrected chi connectivity index (χ1v) is 10.2. The third-order valence-electron chi connectivity index (χ3n) is 5.97. The lowest BCUT2D eigenvalue weighted by Crippen LogP contribution is -2.59. The van der Waals surface area contributed by atoms with Gasteiger partial charge >= 0.3 is 0 Å². The van der Waals surface area contributed by atoms with E-state index in [0.29, 0.717) is 39.3 Å². The van der Waals surface area contributed by atoms with Crippen LogP contribution in [0.3, 0.4) is 0 Å². The van der Waals surface area contributed by atoms with Crippen LogP contribution in [0.1, 0.15) is 22.8 Å². The van der Waals surface area contributed by atoms with Crippen LogP contribution in [0.4, 0.5) is 0 Å². The number of morpholine rings is 1. The lowest BCUT2D eigenvalue weighted by atomic mass is 9.83. The monoisotopic (exact) mass is 404 g/mol. The third-order valence-corrected chi connectivity index (χ3v) is 5.97. The molecule has 1 amide bonds. The Morgan fingerprint density at radius 1 is 1.07 bits per heavy atom. The van der Waals surface area contributed by atoms with Crippen LogP contribution < -0.4 is 0 Å². The van der Waals surface area contributed by atoms with Gasteiger partial charge in [-0.05, 0) is 35.4 Å². The summed E-state index contributed by atoms with van der Waals surface area (Å²) in [7, 11) is 0. The highest BCUT2D eigenvalue weighted by molar-refractivity contribution is 5.88. The Balaban J connectivity index is 1.45. The molecular formula is C23H24N4O3. The third kappa shape index (κ3) is 3.51. The van der Waals surface area contributed by atoms with E-state index in [1.165, 1.54) is 0 Å². The van der Waals surface area contributed by atoms with E-state index in [0.717, 1.165) is 16.9 Å². The summed E-state index contributed by atoms with van der Waals surface area (Å²) in [5, 5.41) is 0. The molecule has 2 saturated heterocycles. The van der Waals surface area contributed by atoms with E-state index in [-0.39, 0.29) is 11.8 Å². The number of hydrogen-bond acceptors (Lipinski definition) is 6. The first-order chi connectivity index (χ1) is 14.7. The molecule has 3 aromatic heterocycles. The van der Waals surface area contributed by atoms with E-state index in [2.05, 4.69) is 14.9 Å². The first-order valence-electron chi connectivity index (χ1n) is 10.2. The number of carbonyl (C=O) groups is 1. The van der Waals surface area contributed by atoms with Gasteiger partial charge in [-0.2, -0.15) is 0 Å². The maximum absolute atomic E-state index is 13.8. The molecule has 0 radical (unpaired) electrons. The van der Waals surface area contributed by atoms with Gasteiger partial charge in [0.15, 0.2) is 5.60 Å². The molecule has 7 nitrogen and oxygen atoms in total. The summed E-state index contributed by atoms with van der Waals surface area (Å²) in [6.45, 7) is 3.50. The minimum Gasteiger partial charge on any atom is -0.468 e. The molecule has 154 valence electrons. The number of ether oxygens (including phenoxy) is 1. The quantitative estimate of drug-likeness (QED) is 0.651. The van der Waals surface area contributed by atoms with Crippen molar-refractivity contribution in [2.75, 3.05) is 26.2 Å². The molecule has 0 bridgehead atoms. The highest BCUT2D eigenvalue weighted by atomic mass is 16.5. The smallest absolute Gasteiger partial charge is 0.257 e. The maximum atomic E-state index is 13.8. The molecule has 0 aliphatic carbocycles. The molecule has 2 atom stereocenters. The average molecular weight is 404 g/mol. The highest BCUT2D eigenvalue weighted by Crippen LogP contribution is 2.42. The number of carbonyl (C=O) groups excluding carboxylic acids is 1. The normalized spacial score (nSPS) is 24.6. The van der Waals surface area contributed by atoms with E-state index < -0.39 is 5.60 Å². The molecular weight excluding hydrogens is 380 g/mol. The van der Waals surface area contributed by atoms with Crippen molar-refractivity contribution in [2.24, 2.45) is 0 Å². The van der Waals surface area contributed by atoms with E-state index in [4.69, 9.17) is 9.15 Å². The summed E-state index contributed by atoms with van der Waals surface area (Å²) in [6, 6.07) is 11.7. The Morgan fingerprint density at radius 3 is 2.67 bits per heavy atom. The van der Waals surface area contributed by atoms with Gasteiger partial charge in [0.05, 0.1) is 19.4 Å². The number of nitrogens with zero attached hydrogens (tertiary/aromatic N) is 4. The highest BCUT2D eigenvalue weighted by Gasteiger charge is 2.57. The van der Waals surface area contributed by atoms with Crippen molar-refractivity contribution in [3.63, 3.8) is 0 Å². The molecule has 5 heterocycles. The van der Waals surface area contributed by atoms with Crippen LogP contribution in [0.5, 0.6) is 0 Å². The molecule has 0 N–H and O–H groups in total. The molecule has 1 spiro atoms.